The minimum absolute atomic E-state index is 0.487. The summed E-state index contributed by atoms with van der Waals surface area (Å²) in [4.78, 5) is 11.5. The topological polar surface area (TPSA) is 17.1 Å². The highest BCUT2D eigenvalue weighted by molar-refractivity contribution is 5.78. The van der Waals surface area contributed by atoms with Crippen molar-refractivity contribution in [2.24, 2.45) is 11.8 Å². The van der Waals surface area contributed by atoms with E-state index >= 15 is 0 Å². The lowest BCUT2D eigenvalue weighted by molar-refractivity contribution is -0.120. The van der Waals surface area contributed by atoms with Crippen LogP contribution in [-0.2, 0) is 4.79 Å². The van der Waals surface area contributed by atoms with E-state index in [9.17, 15) is 4.79 Å². The molecular formula is C12H22O. The van der Waals surface area contributed by atoms with Gasteiger partial charge in [-0.25, -0.2) is 0 Å². The van der Waals surface area contributed by atoms with Crippen molar-refractivity contribution in [1.82, 2.24) is 0 Å². The van der Waals surface area contributed by atoms with E-state index in [1.807, 2.05) is 0 Å². The zero-order chi connectivity index (χ0) is 9.68. The van der Waals surface area contributed by atoms with Crippen LogP contribution >= 0.6 is 0 Å². The zero-order valence-corrected chi connectivity index (χ0v) is 9.01. The molecule has 2 atom stereocenters. The summed E-state index contributed by atoms with van der Waals surface area (Å²) in [5, 5.41) is 0. The molecule has 1 fully saturated rings. The maximum atomic E-state index is 11.5. The summed E-state index contributed by atoms with van der Waals surface area (Å²) in [6.45, 7) is 4.52. The summed E-state index contributed by atoms with van der Waals surface area (Å²) in [6, 6.07) is 0. The van der Waals surface area contributed by atoms with Crippen LogP contribution in [0.25, 0.3) is 0 Å². The van der Waals surface area contributed by atoms with Crippen molar-refractivity contribution >= 4 is 5.78 Å². The molecule has 0 aliphatic heterocycles. The maximum Gasteiger partial charge on any atom is 0.133 e. The Bertz CT molecular complexity index is 163. The van der Waals surface area contributed by atoms with Crippen LogP contribution in [0.2, 0.25) is 0 Å². The Hall–Kier alpha value is -0.330. The van der Waals surface area contributed by atoms with E-state index in [1.54, 1.807) is 0 Å². The lowest BCUT2D eigenvalue weighted by Gasteiger charge is -2.20. The first kappa shape index (κ1) is 10.7. The molecule has 1 nitrogen and oxygen atoms in total. The fourth-order valence-electron chi connectivity index (χ4n) is 2.09. The Morgan fingerprint density at radius 2 is 1.69 bits per heavy atom. The molecule has 0 radical (unpaired) electrons. The summed E-state index contributed by atoms with van der Waals surface area (Å²) in [6.07, 6.45) is 8.03. The molecule has 0 N–H and O–H groups in total. The highest BCUT2D eigenvalue weighted by Gasteiger charge is 2.16. The first-order valence-electron chi connectivity index (χ1n) is 5.72. The van der Waals surface area contributed by atoms with Crippen LogP contribution in [0, 0.1) is 11.8 Å². The first-order valence-corrected chi connectivity index (χ1v) is 5.72. The van der Waals surface area contributed by atoms with Crippen molar-refractivity contribution in [3.05, 3.63) is 0 Å². The Labute approximate surface area is 81.9 Å². The molecule has 13 heavy (non-hydrogen) atoms. The summed E-state index contributed by atoms with van der Waals surface area (Å²) in [5.41, 5.74) is 0. The summed E-state index contributed by atoms with van der Waals surface area (Å²) in [5.74, 6) is 1.83. The van der Waals surface area contributed by atoms with Gasteiger partial charge in [0.05, 0.1) is 0 Å². The third kappa shape index (κ3) is 3.93. The Balaban J connectivity index is 2.42. The van der Waals surface area contributed by atoms with Crippen molar-refractivity contribution in [1.29, 1.82) is 0 Å². The minimum atomic E-state index is 0.487. The van der Waals surface area contributed by atoms with Crippen LogP contribution in [0.4, 0.5) is 0 Å². The van der Waals surface area contributed by atoms with Crippen molar-refractivity contribution < 1.29 is 4.79 Å². The molecule has 0 saturated heterocycles. The molecule has 0 bridgehead atoms. The van der Waals surface area contributed by atoms with Gasteiger partial charge in [0.1, 0.15) is 5.78 Å². The van der Waals surface area contributed by atoms with E-state index in [0.717, 1.165) is 25.2 Å². The second kappa shape index (κ2) is 5.41. The van der Waals surface area contributed by atoms with Gasteiger partial charge in [-0.3, -0.25) is 4.79 Å². The average Bonchev–Trinajstić information content (AvgIpc) is 2.09. The molecule has 1 aliphatic rings. The van der Waals surface area contributed by atoms with Crippen LogP contribution in [0.1, 0.15) is 58.8 Å². The van der Waals surface area contributed by atoms with E-state index in [0.29, 0.717) is 11.7 Å². The second-order valence-corrected chi connectivity index (χ2v) is 4.65. The smallest absolute Gasteiger partial charge is 0.133 e. The average molecular weight is 182 g/mol. The number of ketones is 1. The van der Waals surface area contributed by atoms with Crippen LogP contribution in [0.5, 0.6) is 0 Å². The first-order chi connectivity index (χ1) is 6.20. The largest absolute Gasteiger partial charge is 0.300 e. The van der Waals surface area contributed by atoms with Gasteiger partial charge in [-0.05, 0) is 18.3 Å². The Morgan fingerprint density at radius 1 is 1.00 bits per heavy atom. The molecule has 0 aromatic heterocycles. The lowest BCUT2D eigenvalue weighted by Crippen LogP contribution is -2.14. The zero-order valence-electron chi connectivity index (χ0n) is 9.01. The third-order valence-electron chi connectivity index (χ3n) is 3.39. The van der Waals surface area contributed by atoms with Gasteiger partial charge in [-0.2, -0.15) is 0 Å². The van der Waals surface area contributed by atoms with Gasteiger partial charge >= 0.3 is 0 Å². The molecule has 1 aliphatic carbocycles. The number of rotatable bonds is 0. The molecule has 0 aromatic carbocycles. The van der Waals surface area contributed by atoms with Crippen LogP contribution in [0.15, 0.2) is 0 Å². The lowest BCUT2D eigenvalue weighted by atomic mass is 9.85. The van der Waals surface area contributed by atoms with Gasteiger partial charge in [0.25, 0.3) is 0 Å². The van der Waals surface area contributed by atoms with Gasteiger partial charge < -0.3 is 0 Å². The van der Waals surface area contributed by atoms with Gasteiger partial charge in [0.15, 0.2) is 0 Å². The van der Waals surface area contributed by atoms with Crippen LogP contribution < -0.4 is 0 Å². The van der Waals surface area contributed by atoms with Gasteiger partial charge in [0.2, 0.25) is 0 Å². The molecule has 0 aromatic rings. The monoisotopic (exact) mass is 182 g/mol. The van der Waals surface area contributed by atoms with Crippen molar-refractivity contribution in [3.63, 3.8) is 0 Å². The predicted octanol–water partition coefficient (Wildman–Crippen LogP) is 3.57. The summed E-state index contributed by atoms with van der Waals surface area (Å²) in [7, 11) is 0. The van der Waals surface area contributed by atoms with Crippen LogP contribution in [-0.4, -0.2) is 5.78 Å². The summed E-state index contributed by atoms with van der Waals surface area (Å²) < 4.78 is 0. The maximum absolute atomic E-state index is 11.5. The molecule has 0 spiro atoms. The Kier molecular flexibility index (Phi) is 4.47. The fraction of sp³-hybridized carbons (Fsp3) is 0.917. The number of Topliss-reactive ketones (excluding diaryl/α,β-unsaturated/α-hetero) is 1. The van der Waals surface area contributed by atoms with E-state index in [1.165, 1.54) is 25.7 Å². The van der Waals surface area contributed by atoms with Gasteiger partial charge in [-0.1, -0.05) is 39.5 Å². The molecule has 0 heterocycles. The fourth-order valence-corrected chi connectivity index (χ4v) is 2.09. The van der Waals surface area contributed by atoms with Gasteiger partial charge in [-0.15, -0.1) is 0 Å². The molecule has 0 amide bonds. The third-order valence-corrected chi connectivity index (χ3v) is 3.39. The highest BCUT2D eigenvalue weighted by Crippen LogP contribution is 2.24. The summed E-state index contributed by atoms with van der Waals surface area (Å²) >= 11 is 0. The quantitative estimate of drug-likeness (QED) is 0.559. The van der Waals surface area contributed by atoms with E-state index < -0.39 is 0 Å². The van der Waals surface area contributed by atoms with E-state index in [4.69, 9.17) is 0 Å². The highest BCUT2D eigenvalue weighted by atomic mass is 16.1. The minimum Gasteiger partial charge on any atom is -0.300 e. The molecule has 1 saturated carbocycles. The van der Waals surface area contributed by atoms with Gasteiger partial charge in [0, 0.05) is 12.8 Å². The van der Waals surface area contributed by atoms with Crippen LogP contribution in [0.3, 0.4) is 0 Å². The number of hydrogen-bond acceptors (Lipinski definition) is 1. The number of carbonyl (C=O) groups excluding carboxylic acids is 1. The number of hydrogen-bond donors (Lipinski definition) is 0. The molecular weight excluding hydrogens is 160 g/mol. The SMILES string of the molecule is CC1CCCCCCC(=O)CC1C. The normalized spacial score (nSPS) is 32.9. The standard InChI is InChI=1S/C12H22O/c1-10-7-5-3-4-6-8-12(13)9-11(10)2/h10-11H,3-9H2,1-2H3. The molecule has 1 rings (SSSR count). The number of carbonyl (C=O) groups is 1. The Morgan fingerprint density at radius 3 is 2.46 bits per heavy atom. The molecule has 2 unspecified atom stereocenters. The van der Waals surface area contributed by atoms with E-state index in [-0.39, 0.29) is 0 Å². The predicted molar refractivity (Wildman–Crippen MR) is 55.7 cm³/mol. The second-order valence-electron chi connectivity index (χ2n) is 4.65. The van der Waals surface area contributed by atoms with Crippen molar-refractivity contribution in [3.8, 4) is 0 Å². The molecule has 1 heteroatoms. The van der Waals surface area contributed by atoms with Crippen molar-refractivity contribution in [2.45, 2.75) is 58.8 Å². The van der Waals surface area contributed by atoms with E-state index in [2.05, 4.69) is 13.8 Å². The van der Waals surface area contributed by atoms with Crippen molar-refractivity contribution in [2.75, 3.05) is 0 Å². The molecule has 76 valence electrons.